The fourth-order valence-corrected chi connectivity index (χ4v) is 1.25. The van der Waals surface area contributed by atoms with Crippen LogP contribution >= 0.6 is 0 Å². The Bertz CT molecular complexity index is 500. The zero-order valence-corrected chi connectivity index (χ0v) is 10.6. The number of aliphatic hydroxyl groups excluding tert-OH is 1. The summed E-state index contributed by atoms with van der Waals surface area (Å²) in [7, 11) is 1.54. The van der Waals surface area contributed by atoms with Crippen molar-refractivity contribution in [1.82, 2.24) is 15.6 Å². The Labute approximate surface area is 111 Å². The topological polar surface area (TPSA) is 91.3 Å². The van der Waals surface area contributed by atoms with Crippen LogP contribution in [-0.4, -0.2) is 42.1 Å². The lowest BCUT2D eigenvalue weighted by atomic mass is 10.2. The summed E-state index contributed by atoms with van der Waals surface area (Å²) in [6.45, 7) is 0.0357. The first-order chi connectivity index (χ1) is 9.17. The quantitative estimate of drug-likeness (QED) is 0.624. The van der Waals surface area contributed by atoms with Gasteiger partial charge in [0.05, 0.1) is 0 Å². The molecule has 1 aromatic heterocycles. The molecular formula is C13H15N3O3. The van der Waals surface area contributed by atoms with Crippen molar-refractivity contribution in [2.45, 2.75) is 6.42 Å². The Morgan fingerprint density at radius 1 is 1.42 bits per heavy atom. The molecule has 0 bridgehead atoms. The summed E-state index contributed by atoms with van der Waals surface area (Å²) in [4.78, 5) is 26.6. The van der Waals surface area contributed by atoms with E-state index in [9.17, 15) is 9.59 Å². The minimum absolute atomic E-state index is 0.136. The minimum atomic E-state index is -0.342. The van der Waals surface area contributed by atoms with Crippen molar-refractivity contribution in [1.29, 1.82) is 0 Å². The van der Waals surface area contributed by atoms with Gasteiger partial charge in [-0.3, -0.25) is 9.59 Å². The van der Waals surface area contributed by atoms with E-state index in [1.165, 1.54) is 19.3 Å². The molecule has 0 spiro atoms. The third-order valence-corrected chi connectivity index (χ3v) is 2.22. The fourth-order valence-electron chi connectivity index (χ4n) is 1.25. The maximum Gasteiger partial charge on any atom is 0.269 e. The van der Waals surface area contributed by atoms with Crippen LogP contribution in [0.5, 0.6) is 0 Å². The van der Waals surface area contributed by atoms with Gasteiger partial charge in [0.25, 0.3) is 5.91 Å². The van der Waals surface area contributed by atoms with E-state index in [0.717, 1.165) is 0 Å². The fraction of sp³-hybridized carbons (Fsp3) is 0.308. The summed E-state index contributed by atoms with van der Waals surface area (Å²) in [5.41, 5.74) is 0.877. The van der Waals surface area contributed by atoms with Gasteiger partial charge in [-0.25, -0.2) is 4.98 Å². The van der Waals surface area contributed by atoms with Gasteiger partial charge in [-0.2, -0.15) is 0 Å². The number of aliphatic hydroxyl groups is 1. The maximum absolute atomic E-state index is 11.7. The molecule has 0 fully saturated rings. The number of pyridine rings is 1. The second-order valence-corrected chi connectivity index (χ2v) is 3.57. The summed E-state index contributed by atoms with van der Waals surface area (Å²) in [6, 6.07) is 3.18. The molecule has 1 aromatic rings. The predicted molar refractivity (Wildman–Crippen MR) is 69.2 cm³/mol. The molecule has 6 heteroatoms. The summed E-state index contributed by atoms with van der Waals surface area (Å²) in [5.74, 6) is 4.69. The zero-order valence-electron chi connectivity index (χ0n) is 10.6. The number of hydrogen-bond donors (Lipinski definition) is 3. The van der Waals surface area contributed by atoms with Gasteiger partial charge in [0, 0.05) is 31.8 Å². The molecule has 0 atom stereocenters. The lowest BCUT2D eigenvalue weighted by Gasteiger charge is -2.03. The Balaban J connectivity index is 2.51. The molecule has 0 saturated heterocycles. The Morgan fingerprint density at radius 2 is 2.21 bits per heavy atom. The Kier molecular flexibility index (Phi) is 6.06. The van der Waals surface area contributed by atoms with E-state index in [1.54, 1.807) is 6.07 Å². The third kappa shape index (κ3) is 5.19. The van der Waals surface area contributed by atoms with Gasteiger partial charge in [-0.05, 0) is 12.1 Å². The van der Waals surface area contributed by atoms with Gasteiger partial charge >= 0.3 is 0 Å². The van der Waals surface area contributed by atoms with Gasteiger partial charge in [0.1, 0.15) is 12.3 Å². The highest BCUT2D eigenvalue weighted by Gasteiger charge is 2.06. The molecule has 6 nitrogen and oxygen atoms in total. The van der Waals surface area contributed by atoms with Crippen molar-refractivity contribution >= 4 is 11.8 Å². The predicted octanol–water partition coefficient (Wildman–Crippen LogP) is -0.709. The van der Waals surface area contributed by atoms with Crippen LogP contribution in [0.2, 0.25) is 0 Å². The van der Waals surface area contributed by atoms with Crippen molar-refractivity contribution in [3.05, 3.63) is 29.6 Å². The second kappa shape index (κ2) is 7.84. The first kappa shape index (κ1) is 14.7. The molecule has 0 unspecified atom stereocenters. The Hall–Kier alpha value is -2.39. The maximum atomic E-state index is 11.7. The standard InChI is InChI=1S/C13H15N3O3/c1-14-12(18)6-7-15-13(19)11-5-4-10(9-16-11)3-2-8-17/h4-5,9,17H,6-8H2,1H3,(H,14,18)(H,15,19). The average Bonchev–Trinajstić information content (AvgIpc) is 2.45. The summed E-state index contributed by atoms with van der Waals surface area (Å²) in [6.07, 6.45) is 1.68. The molecule has 0 aliphatic heterocycles. The van der Waals surface area contributed by atoms with Gasteiger partial charge < -0.3 is 15.7 Å². The van der Waals surface area contributed by atoms with E-state index in [4.69, 9.17) is 5.11 Å². The number of nitrogens with zero attached hydrogens (tertiary/aromatic N) is 1. The molecule has 1 rings (SSSR count). The number of carbonyl (C=O) groups excluding carboxylic acids is 2. The molecule has 0 aliphatic rings. The van der Waals surface area contributed by atoms with Crippen LogP contribution in [0, 0.1) is 11.8 Å². The van der Waals surface area contributed by atoms with E-state index < -0.39 is 0 Å². The summed E-state index contributed by atoms with van der Waals surface area (Å²) < 4.78 is 0. The van der Waals surface area contributed by atoms with Crippen LogP contribution in [0.4, 0.5) is 0 Å². The minimum Gasteiger partial charge on any atom is -0.384 e. The van der Waals surface area contributed by atoms with Crippen LogP contribution in [0.1, 0.15) is 22.5 Å². The first-order valence-electron chi connectivity index (χ1n) is 5.72. The number of aromatic nitrogens is 1. The normalized spacial score (nSPS) is 9.16. The Morgan fingerprint density at radius 3 is 2.79 bits per heavy atom. The van der Waals surface area contributed by atoms with Crippen molar-refractivity contribution in [3.63, 3.8) is 0 Å². The number of hydrogen-bond acceptors (Lipinski definition) is 4. The van der Waals surface area contributed by atoms with Crippen molar-refractivity contribution < 1.29 is 14.7 Å². The van der Waals surface area contributed by atoms with Crippen LogP contribution in [0.3, 0.4) is 0 Å². The van der Waals surface area contributed by atoms with Crippen molar-refractivity contribution in [2.75, 3.05) is 20.2 Å². The molecule has 19 heavy (non-hydrogen) atoms. The average molecular weight is 261 g/mol. The van der Waals surface area contributed by atoms with Gasteiger partial charge in [-0.1, -0.05) is 11.8 Å². The van der Waals surface area contributed by atoms with Gasteiger partial charge in [0.15, 0.2) is 0 Å². The third-order valence-electron chi connectivity index (χ3n) is 2.22. The molecule has 0 saturated carbocycles. The van der Waals surface area contributed by atoms with E-state index in [0.29, 0.717) is 5.56 Å². The number of amides is 2. The summed E-state index contributed by atoms with van der Waals surface area (Å²) in [5, 5.41) is 13.6. The highest BCUT2D eigenvalue weighted by molar-refractivity contribution is 5.92. The van der Waals surface area contributed by atoms with E-state index in [-0.39, 0.29) is 37.1 Å². The largest absolute Gasteiger partial charge is 0.384 e. The van der Waals surface area contributed by atoms with Crippen LogP contribution < -0.4 is 10.6 Å². The van der Waals surface area contributed by atoms with Gasteiger partial charge in [-0.15, -0.1) is 0 Å². The summed E-state index contributed by atoms with van der Waals surface area (Å²) >= 11 is 0. The lowest BCUT2D eigenvalue weighted by molar-refractivity contribution is -0.120. The smallest absolute Gasteiger partial charge is 0.269 e. The number of carbonyl (C=O) groups is 2. The molecule has 2 amide bonds. The number of nitrogens with one attached hydrogen (secondary N) is 2. The van der Waals surface area contributed by atoms with Crippen LogP contribution in [-0.2, 0) is 4.79 Å². The van der Waals surface area contributed by atoms with Crippen molar-refractivity contribution in [3.8, 4) is 11.8 Å². The van der Waals surface area contributed by atoms with E-state index >= 15 is 0 Å². The van der Waals surface area contributed by atoms with Gasteiger partial charge in [0.2, 0.25) is 5.91 Å². The SMILES string of the molecule is CNC(=O)CCNC(=O)c1ccc(C#CCO)cn1. The lowest BCUT2D eigenvalue weighted by Crippen LogP contribution is -2.29. The van der Waals surface area contributed by atoms with E-state index in [2.05, 4.69) is 27.5 Å². The monoisotopic (exact) mass is 261 g/mol. The zero-order chi connectivity index (χ0) is 14.1. The van der Waals surface area contributed by atoms with Crippen molar-refractivity contribution in [2.24, 2.45) is 0 Å². The van der Waals surface area contributed by atoms with E-state index in [1.807, 2.05) is 0 Å². The number of rotatable bonds is 4. The molecule has 0 aromatic carbocycles. The molecule has 3 N–H and O–H groups in total. The highest BCUT2D eigenvalue weighted by Crippen LogP contribution is 1.98. The molecule has 0 aliphatic carbocycles. The molecular weight excluding hydrogens is 246 g/mol. The highest BCUT2D eigenvalue weighted by atomic mass is 16.2. The molecule has 0 radical (unpaired) electrons. The van der Waals surface area contributed by atoms with Crippen LogP contribution in [0.25, 0.3) is 0 Å². The van der Waals surface area contributed by atoms with Crippen LogP contribution in [0.15, 0.2) is 18.3 Å². The molecule has 1 heterocycles. The molecule has 100 valence electrons. The second-order valence-electron chi connectivity index (χ2n) is 3.57. The first-order valence-corrected chi connectivity index (χ1v) is 5.72.